The van der Waals surface area contributed by atoms with Crippen LogP contribution in [-0.4, -0.2) is 38.1 Å². The molecular formula is C17H25N3O4. The molecule has 0 atom stereocenters. The summed E-state index contributed by atoms with van der Waals surface area (Å²) in [5, 5.41) is 5.72. The first kappa shape index (κ1) is 18.1. The Labute approximate surface area is 141 Å². The molecule has 24 heavy (non-hydrogen) atoms. The van der Waals surface area contributed by atoms with Crippen LogP contribution in [0.15, 0.2) is 12.1 Å². The van der Waals surface area contributed by atoms with Crippen LogP contribution in [0, 0.1) is 0 Å². The average Bonchev–Trinajstić information content (AvgIpc) is 3.02. The fourth-order valence-electron chi connectivity index (χ4n) is 3.12. The second kappa shape index (κ2) is 7.53. The van der Waals surface area contributed by atoms with E-state index in [1.807, 2.05) is 0 Å². The van der Waals surface area contributed by atoms with E-state index < -0.39 is 0 Å². The number of amides is 2. The van der Waals surface area contributed by atoms with Crippen LogP contribution in [0.1, 0.15) is 43.0 Å². The molecule has 1 fully saturated rings. The lowest BCUT2D eigenvalue weighted by molar-refractivity contribution is -0.114. The van der Waals surface area contributed by atoms with Crippen molar-refractivity contribution in [2.75, 3.05) is 26.1 Å². The molecule has 4 N–H and O–H groups in total. The van der Waals surface area contributed by atoms with Crippen molar-refractivity contribution in [3.63, 3.8) is 0 Å². The minimum absolute atomic E-state index is 0.241. The Kier molecular flexibility index (Phi) is 5.66. The quantitative estimate of drug-likeness (QED) is 0.734. The molecule has 2 amide bonds. The van der Waals surface area contributed by atoms with E-state index in [0.717, 1.165) is 25.7 Å². The fraction of sp³-hybridized carbons (Fsp3) is 0.529. The zero-order chi connectivity index (χ0) is 17.7. The SMILES string of the molecule is COc1cc(C(=O)NC2(CN)CCCC2)cc(NC(C)=O)c1OC. The zero-order valence-electron chi connectivity index (χ0n) is 14.4. The van der Waals surface area contributed by atoms with Crippen LogP contribution >= 0.6 is 0 Å². The van der Waals surface area contributed by atoms with Crippen LogP contribution in [0.5, 0.6) is 11.5 Å². The molecule has 7 heteroatoms. The van der Waals surface area contributed by atoms with Gasteiger partial charge in [-0.2, -0.15) is 0 Å². The van der Waals surface area contributed by atoms with Gasteiger partial charge in [-0.3, -0.25) is 9.59 Å². The molecular weight excluding hydrogens is 310 g/mol. The van der Waals surface area contributed by atoms with Gasteiger partial charge in [0.1, 0.15) is 0 Å². The summed E-state index contributed by atoms with van der Waals surface area (Å²) >= 11 is 0. The molecule has 7 nitrogen and oxygen atoms in total. The number of nitrogens with two attached hydrogens (primary N) is 1. The molecule has 2 rings (SSSR count). The van der Waals surface area contributed by atoms with Crippen LogP contribution in [0.3, 0.4) is 0 Å². The first-order valence-electron chi connectivity index (χ1n) is 8.01. The third kappa shape index (κ3) is 3.79. The maximum absolute atomic E-state index is 12.7. The van der Waals surface area contributed by atoms with Gasteiger partial charge in [-0.1, -0.05) is 12.8 Å². The number of nitrogens with one attached hydrogen (secondary N) is 2. The van der Waals surface area contributed by atoms with Gasteiger partial charge in [-0.05, 0) is 25.0 Å². The van der Waals surface area contributed by atoms with Gasteiger partial charge in [0.25, 0.3) is 5.91 Å². The van der Waals surface area contributed by atoms with Crippen LogP contribution < -0.4 is 25.8 Å². The Morgan fingerprint density at radius 2 is 1.88 bits per heavy atom. The minimum Gasteiger partial charge on any atom is -0.493 e. The molecule has 1 saturated carbocycles. The molecule has 1 aromatic rings. The fourth-order valence-corrected chi connectivity index (χ4v) is 3.12. The number of carbonyl (C=O) groups is 2. The highest BCUT2D eigenvalue weighted by Gasteiger charge is 2.34. The van der Waals surface area contributed by atoms with Gasteiger partial charge in [0.2, 0.25) is 5.91 Å². The predicted molar refractivity (Wildman–Crippen MR) is 91.6 cm³/mol. The summed E-state index contributed by atoms with van der Waals surface area (Å²) in [4.78, 5) is 24.1. The topological polar surface area (TPSA) is 103 Å². The molecule has 0 radical (unpaired) electrons. The second-order valence-electron chi connectivity index (χ2n) is 6.09. The number of hydrogen-bond acceptors (Lipinski definition) is 5. The summed E-state index contributed by atoms with van der Waals surface area (Å²) in [6.07, 6.45) is 3.86. The number of benzene rings is 1. The summed E-state index contributed by atoms with van der Waals surface area (Å²) in [7, 11) is 2.96. The normalized spacial score (nSPS) is 15.7. The lowest BCUT2D eigenvalue weighted by Gasteiger charge is -2.29. The van der Waals surface area contributed by atoms with E-state index >= 15 is 0 Å². The van der Waals surface area contributed by atoms with Gasteiger partial charge < -0.3 is 25.8 Å². The van der Waals surface area contributed by atoms with E-state index in [4.69, 9.17) is 15.2 Å². The molecule has 0 aliphatic heterocycles. The smallest absolute Gasteiger partial charge is 0.251 e. The standard InChI is InChI=1S/C17H25N3O4/c1-11(21)19-13-8-12(9-14(23-2)15(13)24-3)16(22)20-17(10-18)6-4-5-7-17/h8-9H,4-7,10,18H2,1-3H3,(H,19,21)(H,20,22). The molecule has 0 saturated heterocycles. The number of hydrogen-bond donors (Lipinski definition) is 3. The summed E-state index contributed by atoms with van der Waals surface area (Å²) in [6, 6.07) is 3.18. The van der Waals surface area contributed by atoms with Crippen molar-refractivity contribution in [2.45, 2.75) is 38.1 Å². The molecule has 0 spiro atoms. The predicted octanol–water partition coefficient (Wildman–Crippen LogP) is 1.66. The Morgan fingerprint density at radius 1 is 1.21 bits per heavy atom. The van der Waals surface area contributed by atoms with Crippen LogP contribution in [0.2, 0.25) is 0 Å². The molecule has 0 heterocycles. The zero-order valence-corrected chi connectivity index (χ0v) is 14.4. The summed E-state index contributed by atoms with van der Waals surface area (Å²) in [5.74, 6) is 0.248. The van der Waals surface area contributed by atoms with Crippen molar-refractivity contribution in [1.29, 1.82) is 0 Å². The average molecular weight is 335 g/mol. The highest BCUT2D eigenvalue weighted by atomic mass is 16.5. The van der Waals surface area contributed by atoms with Crippen molar-refractivity contribution in [3.05, 3.63) is 17.7 Å². The van der Waals surface area contributed by atoms with Gasteiger partial charge in [0.05, 0.1) is 25.4 Å². The number of ether oxygens (including phenoxy) is 2. The number of carbonyl (C=O) groups excluding carboxylic acids is 2. The van der Waals surface area contributed by atoms with Gasteiger partial charge in [-0.25, -0.2) is 0 Å². The largest absolute Gasteiger partial charge is 0.493 e. The number of rotatable bonds is 6. The van der Waals surface area contributed by atoms with Gasteiger partial charge >= 0.3 is 0 Å². The Hall–Kier alpha value is -2.28. The maximum atomic E-state index is 12.7. The third-order valence-electron chi connectivity index (χ3n) is 4.38. The lowest BCUT2D eigenvalue weighted by Crippen LogP contribution is -2.51. The van der Waals surface area contributed by atoms with Crippen molar-refractivity contribution >= 4 is 17.5 Å². The molecule has 1 aliphatic rings. The summed E-state index contributed by atoms with van der Waals surface area (Å²) < 4.78 is 10.6. The van der Waals surface area contributed by atoms with Crippen molar-refractivity contribution < 1.29 is 19.1 Å². The van der Waals surface area contributed by atoms with Crippen molar-refractivity contribution in [2.24, 2.45) is 5.73 Å². The maximum Gasteiger partial charge on any atom is 0.251 e. The number of anilines is 1. The highest BCUT2D eigenvalue weighted by molar-refractivity contribution is 5.99. The van der Waals surface area contributed by atoms with E-state index in [-0.39, 0.29) is 17.4 Å². The summed E-state index contributed by atoms with van der Waals surface area (Å²) in [6.45, 7) is 1.80. The minimum atomic E-state index is -0.349. The van der Waals surface area contributed by atoms with Crippen molar-refractivity contribution in [3.8, 4) is 11.5 Å². The molecule has 0 aromatic heterocycles. The van der Waals surface area contributed by atoms with Crippen LogP contribution in [0.4, 0.5) is 5.69 Å². The van der Waals surface area contributed by atoms with Gasteiger partial charge in [0, 0.05) is 19.0 Å². The first-order valence-corrected chi connectivity index (χ1v) is 8.01. The molecule has 1 aliphatic carbocycles. The van der Waals surface area contributed by atoms with E-state index in [0.29, 0.717) is 29.3 Å². The van der Waals surface area contributed by atoms with E-state index in [1.165, 1.54) is 21.1 Å². The summed E-state index contributed by atoms with van der Waals surface area (Å²) in [5.41, 5.74) is 6.30. The van der Waals surface area contributed by atoms with E-state index in [9.17, 15) is 9.59 Å². The van der Waals surface area contributed by atoms with E-state index in [2.05, 4.69) is 10.6 Å². The second-order valence-corrected chi connectivity index (χ2v) is 6.09. The highest BCUT2D eigenvalue weighted by Crippen LogP contribution is 2.37. The third-order valence-corrected chi connectivity index (χ3v) is 4.38. The number of methoxy groups -OCH3 is 2. The molecule has 0 bridgehead atoms. The molecule has 0 unspecified atom stereocenters. The van der Waals surface area contributed by atoms with Gasteiger partial charge in [-0.15, -0.1) is 0 Å². The lowest BCUT2D eigenvalue weighted by atomic mass is 9.97. The Balaban J connectivity index is 2.34. The van der Waals surface area contributed by atoms with Crippen LogP contribution in [-0.2, 0) is 4.79 Å². The monoisotopic (exact) mass is 335 g/mol. The molecule has 132 valence electrons. The van der Waals surface area contributed by atoms with Crippen LogP contribution in [0.25, 0.3) is 0 Å². The Bertz CT molecular complexity index is 625. The van der Waals surface area contributed by atoms with Crippen molar-refractivity contribution in [1.82, 2.24) is 5.32 Å². The molecule has 1 aromatic carbocycles. The van der Waals surface area contributed by atoms with E-state index in [1.54, 1.807) is 12.1 Å². The van der Waals surface area contributed by atoms with Gasteiger partial charge in [0.15, 0.2) is 11.5 Å². The first-order chi connectivity index (χ1) is 11.4. The Morgan fingerprint density at radius 3 is 2.38 bits per heavy atom.